The average molecular weight is 644 g/mol. The number of fused-ring (bicyclic) bond motifs is 1. The molecule has 16 heteroatoms. The second kappa shape index (κ2) is 14.9. The van der Waals surface area contributed by atoms with Crippen LogP contribution >= 0.6 is 0 Å². The number of benzene rings is 3. The van der Waals surface area contributed by atoms with E-state index in [1.165, 1.54) is 50.6 Å². The number of methoxy groups -OCH3 is 2. The van der Waals surface area contributed by atoms with Gasteiger partial charge < -0.3 is 52.8 Å². The molecule has 0 spiro atoms. The molecule has 0 bridgehead atoms. The van der Waals surface area contributed by atoms with E-state index in [2.05, 4.69) is 25.9 Å². The normalized spacial score (nSPS) is 11.1. The van der Waals surface area contributed by atoms with Crippen molar-refractivity contribution in [3.63, 3.8) is 0 Å². The Kier molecular flexibility index (Phi) is 10.6. The van der Waals surface area contributed by atoms with Crippen LogP contribution in [0, 0.1) is 0 Å². The van der Waals surface area contributed by atoms with Crippen molar-refractivity contribution in [2.75, 3.05) is 20.8 Å². The predicted molar refractivity (Wildman–Crippen MR) is 175 cm³/mol. The van der Waals surface area contributed by atoms with Gasteiger partial charge >= 0.3 is 5.63 Å². The summed E-state index contributed by atoms with van der Waals surface area (Å²) < 4.78 is 15.9. The lowest BCUT2D eigenvalue weighted by molar-refractivity contribution is -0.123. The van der Waals surface area contributed by atoms with Gasteiger partial charge in [-0.05, 0) is 54.1 Å². The second-order valence-corrected chi connectivity index (χ2v) is 9.93. The Morgan fingerprint density at radius 2 is 1.36 bits per heavy atom. The van der Waals surface area contributed by atoms with Gasteiger partial charge in [-0.2, -0.15) is 0 Å². The van der Waals surface area contributed by atoms with Crippen molar-refractivity contribution >= 4 is 52.0 Å². The Bertz CT molecular complexity index is 1900. The summed E-state index contributed by atoms with van der Waals surface area (Å²) in [6.07, 6.45) is 0. The van der Waals surface area contributed by atoms with Crippen molar-refractivity contribution in [1.82, 2.24) is 16.0 Å². The molecule has 4 aromatic rings. The van der Waals surface area contributed by atoms with Crippen LogP contribution in [0.5, 0.6) is 11.5 Å². The molecule has 0 aliphatic heterocycles. The Balaban J connectivity index is 1.53. The summed E-state index contributed by atoms with van der Waals surface area (Å²) in [6, 6.07) is 15.8. The highest BCUT2D eigenvalue weighted by Gasteiger charge is 2.24. The third-order valence-electron chi connectivity index (χ3n) is 6.62. The zero-order valence-corrected chi connectivity index (χ0v) is 25.4. The Hall–Kier alpha value is -6.58. The van der Waals surface area contributed by atoms with Crippen LogP contribution in [0.4, 0.5) is 11.4 Å². The number of hydrogen-bond acceptors (Lipinski definition) is 9. The van der Waals surface area contributed by atoms with E-state index in [1.54, 1.807) is 30.3 Å². The number of nitrogens with one attached hydrogen (secondary N) is 3. The van der Waals surface area contributed by atoms with E-state index in [1.807, 2.05) is 0 Å². The third kappa shape index (κ3) is 8.75. The number of nitrogens with two attached hydrogens (primary N) is 4. The van der Waals surface area contributed by atoms with Gasteiger partial charge in [0.1, 0.15) is 17.2 Å². The maximum atomic E-state index is 13.3. The van der Waals surface area contributed by atoms with Gasteiger partial charge in [0.15, 0.2) is 23.4 Å². The molecule has 3 amide bonds. The molecule has 1 atom stereocenters. The van der Waals surface area contributed by atoms with Gasteiger partial charge in [0.2, 0.25) is 5.91 Å². The fraction of sp³-hybridized carbons (Fsp3) is 0.161. The molecule has 0 aliphatic carbocycles. The molecule has 0 fully saturated rings. The highest BCUT2D eigenvalue weighted by molar-refractivity contribution is 5.99. The van der Waals surface area contributed by atoms with Crippen molar-refractivity contribution in [2.24, 2.45) is 32.9 Å². The molecule has 1 aromatic heterocycles. The van der Waals surface area contributed by atoms with Crippen molar-refractivity contribution in [3.8, 4) is 11.5 Å². The fourth-order valence-electron chi connectivity index (χ4n) is 4.33. The molecule has 0 saturated carbocycles. The molecule has 0 aliphatic rings. The van der Waals surface area contributed by atoms with E-state index in [4.69, 9.17) is 36.8 Å². The van der Waals surface area contributed by atoms with Crippen LogP contribution in [0.2, 0.25) is 0 Å². The van der Waals surface area contributed by atoms with Gasteiger partial charge in [0.25, 0.3) is 11.8 Å². The smallest absolute Gasteiger partial charge is 0.349 e. The summed E-state index contributed by atoms with van der Waals surface area (Å²) in [5, 5.41) is 8.27. The lowest BCUT2D eigenvalue weighted by atomic mass is 10.1. The molecule has 47 heavy (non-hydrogen) atoms. The molecule has 3 aromatic carbocycles. The van der Waals surface area contributed by atoms with Crippen molar-refractivity contribution in [3.05, 3.63) is 93.8 Å². The van der Waals surface area contributed by atoms with E-state index in [0.717, 1.165) is 0 Å². The van der Waals surface area contributed by atoms with Gasteiger partial charge in [0, 0.05) is 30.1 Å². The Labute approximate surface area is 267 Å². The van der Waals surface area contributed by atoms with E-state index >= 15 is 0 Å². The Morgan fingerprint density at radius 1 is 0.787 bits per heavy atom. The van der Waals surface area contributed by atoms with Crippen molar-refractivity contribution in [1.29, 1.82) is 0 Å². The maximum absolute atomic E-state index is 13.3. The van der Waals surface area contributed by atoms with Gasteiger partial charge in [-0.25, -0.2) is 14.8 Å². The lowest BCUT2D eigenvalue weighted by Gasteiger charge is -2.19. The molecule has 11 N–H and O–H groups in total. The third-order valence-corrected chi connectivity index (χ3v) is 6.62. The summed E-state index contributed by atoms with van der Waals surface area (Å²) in [6.45, 7) is -0.302. The van der Waals surface area contributed by atoms with Crippen molar-refractivity contribution in [2.45, 2.75) is 12.6 Å². The largest absolute Gasteiger partial charge is 0.493 e. The first-order chi connectivity index (χ1) is 22.5. The highest BCUT2D eigenvalue weighted by Crippen LogP contribution is 2.31. The molecule has 1 heterocycles. The minimum Gasteiger partial charge on any atom is -0.493 e. The number of carbonyl (C=O) groups is 3. The zero-order valence-electron chi connectivity index (χ0n) is 25.4. The molecular formula is C31H33N9O7. The quantitative estimate of drug-likeness (QED) is 0.0633. The van der Waals surface area contributed by atoms with Crippen molar-refractivity contribution < 1.29 is 28.3 Å². The van der Waals surface area contributed by atoms with Gasteiger partial charge in [0.05, 0.1) is 25.6 Å². The number of guanidine groups is 2. The molecule has 0 saturated heterocycles. The minimum absolute atomic E-state index is 0.0774. The lowest BCUT2D eigenvalue weighted by Crippen LogP contribution is -2.52. The summed E-state index contributed by atoms with van der Waals surface area (Å²) in [5.74, 6) is -1.63. The Morgan fingerprint density at radius 3 is 1.94 bits per heavy atom. The number of amides is 3. The summed E-state index contributed by atoms with van der Waals surface area (Å²) >= 11 is 0. The van der Waals surface area contributed by atoms with E-state index in [-0.39, 0.29) is 41.7 Å². The number of carbonyl (C=O) groups excluding carboxylic acids is 3. The zero-order chi connectivity index (χ0) is 34.1. The first kappa shape index (κ1) is 33.3. The van der Waals surface area contributed by atoms with Gasteiger partial charge in [-0.3, -0.25) is 14.4 Å². The van der Waals surface area contributed by atoms with Crippen LogP contribution in [0.15, 0.2) is 85.9 Å². The van der Waals surface area contributed by atoms with E-state index < -0.39 is 29.4 Å². The van der Waals surface area contributed by atoms with Crippen LogP contribution in [-0.4, -0.2) is 56.4 Å². The van der Waals surface area contributed by atoms with Gasteiger partial charge in [-0.1, -0.05) is 12.1 Å². The number of nitrogens with zero attached hydrogens (tertiary/aromatic N) is 2. The molecule has 0 unspecified atom stereocenters. The summed E-state index contributed by atoms with van der Waals surface area (Å²) in [7, 11) is 2.87. The molecule has 16 nitrogen and oxygen atoms in total. The predicted octanol–water partition coefficient (Wildman–Crippen LogP) is 0.465. The fourth-order valence-corrected chi connectivity index (χ4v) is 4.33. The minimum atomic E-state index is -1.26. The molecular weight excluding hydrogens is 610 g/mol. The first-order valence-electron chi connectivity index (χ1n) is 13.9. The van der Waals surface area contributed by atoms with E-state index in [9.17, 15) is 19.2 Å². The summed E-state index contributed by atoms with van der Waals surface area (Å²) in [5.41, 5.74) is 22.4. The topological polar surface area (TPSA) is 265 Å². The molecule has 244 valence electrons. The van der Waals surface area contributed by atoms with Crippen LogP contribution < -0.4 is 54.0 Å². The standard InChI is InChI=1S/C31H33N9O7/c1-45-24-12-18-11-21(29(44)47-23(18)13-25(24)46-2)27(42)37-15-22(40-26(41)17-5-9-20(10-6-17)39-31(34)35)28(43)36-14-16-3-7-19(8-4-16)38-30(32)33/h3-13,22H,14-15H2,1-2H3,(H,36,43)(H,37,42)(H,40,41)(H4,32,33,38)(H4,34,35,39)/t22-/m0/s1. The number of rotatable bonds is 12. The van der Waals surface area contributed by atoms with Gasteiger partial charge in [-0.15, -0.1) is 0 Å². The first-order valence-corrected chi connectivity index (χ1v) is 13.9. The van der Waals surface area contributed by atoms with Crippen LogP contribution in [0.1, 0.15) is 26.3 Å². The monoisotopic (exact) mass is 643 g/mol. The number of ether oxygens (including phenoxy) is 2. The number of hydrogen-bond donors (Lipinski definition) is 7. The van der Waals surface area contributed by atoms with Crippen LogP contribution in [-0.2, 0) is 11.3 Å². The molecule has 0 radical (unpaired) electrons. The molecule has 4 rings (SSSR count). The summed E-state index contributed by atoms with van der Waals surface area (Å²) in [4.78, 5) is 60.1. The van der Waals surface area contributed by atoms with E-state index in [0.29, 0.717) is 33.8 Å². The maximum Gasteiger partial charge on any atom is 0.349 e. The SMILES string of the molecule is COc1cc2cc(C(=O)NC[C@H](NC(=O)c3ccc(N=C(N)N)cc3)C(=O)NCc3ccc(N=C(N)N)cc3)c(=O)oc2cc1OC. The number of aliphatic imine (C=N–C) groups is 2. The second-order valence-electron chi connectivity index (χ2n) is 9.93. The van der Waals surface area contributed by atoms with Crippen LogP contribution in [0.3, 0.4) is 0 Å². The highest BCUT2D eigenvalue weighted by atomic mass is 16.5. The van der Waals surface area contributed by atoms with Crippen LogP contribution in [0.25, 0.3) is 11.0 Å². The average Bonchev–Trinajstić information content (AvgIpc) is 3.04.